The molecule has 19 heavy (non-hydrogen) atoms. The zero-order chi connectivity index (χ0) is 13.4. The lowest BCUT2D eigenvalue weighted by molar-refractivity contribution is -0.114. The van der Waals surface area contributed by atoms with E-state index in [4.69, 9.17) is 0 Å². The summed E-state index contributed by atoms with van der Waals surface area (Å²) in [6.45, 7) is 1.46. The molecule has 1 amide bonds. The fourth-order valence-electron chi connectivity index (χ4n) is 2.22. The Morgan fingerprint density at radius 1 is 1.26 bits per heavy atom. The molecule has 0 spiro atoms. The third kappa shape index (κ3) is 1.97. The van der Waals surface area contributed by atoms with Gasteiger partial charge in [0.1, 0.15) is 5.75 Å². The van der Waals surface area contributed by atoms with Gasteiger partial charge in [-0.15, -0.1) is 0 Å². The van der Waals surface area contributed by atoms with Crippen molar-refractivity contribution in [3.8, 4) is 5.75 Å². The second kappa shape index (κ2) is 4.24. The molecule has 0 radical (unpaired) electrons. The van der Waals surface area contributed by atoms with E-state index in [1.165, 1.54) is 6.92 Å². The van der Waals surface area contributed by atoms with Crippen molar-refractivity contribution in [2.24, 2.45) is 0 Å². The summed E-state index contributed by atoms with van der Waals surface area (Å²) in [5.74, 6) is 0.0671. The maximum Gasteiger partial charge on any atom is 0.221 e. The molecule has 0 bridgehead atoms. The zero-order valence-electron chi connectivity index (χ0n) is 10.3. The molecular weight excluding hydrogens is 240 g/mol. The Morgan fingerprint density at radius 2 is 2.11 bits per heavy atom. The van der Waals surface area contributed by atoms with Crippen LogP contribution in [0.3, 0.4) is 0 Å². The fraction of sp³-hybridized carbons (Fsp3) is 0.0667. The standard InChI is InChI=1S/C15H12N2O2/c1-9(18)17-11-6-5-10-8-16-13-3-2-4-14(19)15(13)12(10)7-11/h2-8,19H,1H3,(H,17,18). The smallest absolute Gasteiger partial charge is 0.221 e. The Kier molecular flexibility index (Phi) is 2.56. The number of rotatable bonds is 1. The Balaban J connectivity index is 2.35. The number of fused-ring (bicyclic) bond motifs is 3. The average Bonchev–Trinajstić information content (AvgIpc) is 2.37. The maximum absolute atomic E-state index is 11.1. The van der Waals surface area contributed by atoms with Gasteiger partial charge in [0, 0.05) is 29.6 Å². The van der Waals surface area contributed by atoms with Gasteiger partial charge in [-0.25, -0.2) is 0 Å². The summed E-state index contributed by atoms with van der Waals surface area (Å²) in [5, 5.41) is 15.2. The number of pyridine rings is 1. The number of anilines is 1. The molecule has 3 rings (SSSR count). The predicted octanol–water partition coefficient (Wildman–Crippen LogP) is 3.05. The van der Waals surface area contributed by atoms with Crippen LogP contribution >= 0.6 is 0 Å². The number of nitrogens with zero attached hydrogens (tertiary/aromatic N) is 1. The number of aromatic hydroxyl groups is 1. The van der Waals surface area contributed by atoms with Crippen molar-refractivity contribution in [1.82, 2.24) is 4.98 Å². The largest absolute Gasteiger partial charge is 0.507 e. The van der Waals surface area contributed by atoms with Crippen molar-refractivity contribution in [2.45, 2.75) is 6.92 Å². The number of hydrogen-bond donors (Lipinski definition) is 2. The number of hydrogen-bond acceptors (Lipinski definition) is 3. The van der Waals surface area contributed by atoms with Crippen LogP contribution in [-0.4, -0.2) is 16.0 Å². The van der Waals surface area contributed by atoms with Crippen molar-refractivity contribution in [3.63, 3.8) is 0 Å². The van der Waals surface area contributed by atoms with Gasteiger partial charge < -0.3 is 10.4 Å². The molecule has 0 aliphatic rings. The minimum atomic E-state index is -0.123. The molecule has 0 unspecified atom stereocenters. The van der Waals surface area contributed by atoms with Crippen LogP contribution in [0.1, 0.15) is 6.92 Å². The lowest BCUT2D eigenvalue weighted by Crippen LogP contribution is -2.05. The second-order valence-electron chi connectivity index (χ2n) is 4.41. The van der Waals surface area contributed by atoms with E-state index >= 15 is 0 Å². The van der Waals surface area contributed by atoms with E-state index in [1.807, 2.05) is 24.3 Å². The van der Waals surface area contributed by atoms with Gasteiger partial charge in [0.15, 0.2) is 0 Å². The Morgan fingerprint density at radius 3 is 2.89 bits per heavy atom. The Labute approximate surface area is 109 Å². The molecule has 4 heteroatoms. The highest BCUT2D eigenvalue weighted by molar-refractivity contribution is 6.10. The highest BCUT2D eigenvalue weighted by Gasteiger charge is 2.07. The number of carbonyl (C=O) groups is 1. The summed E-state index contributed by atoms with van der Waals surface area (Å²) < 4.78 is 0. The van der Waals surface area contributed by atoms with Crippen LogP contribution < -0.4 is 5.32 Å². The van der Waals surface area contributed by atoms with Gasteiger partial charge in [-0.05, 0) is 29.7 Å². The monoisotopic (exact) mass is 252 g/mol. The molecule has 2 aromatic carbocycles. The van der Waals surface area contributed by atoms with Crippen molar-refractivity contribution in [2.75, 3.05) is 5.32 Å². The van der Waals surface area contributed by atoms with Gasteiger partial charge in [-0.3, -0.25) is 9.78 Å². The molecule has 0 atom stereocenters. The van der Waals surface area contributed by atoms with Crippen LogP contribution in [0.5, 0.6) is 5.75 Å². The van der Waals surface area contributed by atoms with Crippen molar-refractivity contribution in [3.05, 3.63) is 42.6 Å². The molecule has 0 aliphatic heterocycles. The predicted molar refractivity (Wildman–Crippen MR) is 75.2 cm³/mol. The van der Waals surface area contributed by atoms with Crippen LogP contribution in [0.15, 0.2) is 42.6 Å². The maximum atomic E-state index is 11.1. The summed E-state index contributed by atoms with van der Waals surface area (Å²) in [6, 6.07) is 10.8. The minimum absolute atomic E-state index is 0.123. The lowest BCUT2D eigenvalue weighted by atomic mass is 10.1. The summed E-state index contributed by atoms with van der Waals surface area (Å²) in [5.41, 5.74) is 1.43. The van der Waals surface area contributed by atoms with Crippen molar-refractivity contribution < 1.29 is 9.90 Å². The first kappa shape index (κ1) is 11.5. The highest BCUT2D eigenvalue weighted by Crippen LogP contribution is 2.32. The van der Waals surface area contributed by atoms with E-state index in [2.05, 4.69) is 10.3 Å². The minimum Gasteiger partial charge on any atom is -0.507 e. The summed E-state index contributed by atoms with van der Waals surface area (Å²) in [4.78, 5) is 15.4. The number of aromatic nitrogens is 1. The van der Waals surface area contributed by atoms with Gasteiger partial charge >= 0.3 is 0 Å². The van der Waals surface area contributed by atoms with Crippen LogP contribution in [-0.2, 0) is 4.79 Å². The highest BCUT2D eigenvalue weighted by atomic mass is 16.3. The SMILES string of the molecule is CC(=O)Nc1ccc2cnc3cccc(O)c3c2c1. The van der Waals surface area contributed by atoms with Crippen LogP contribution in [0.4, 0.5) is 5.69 Å². The number of nitrogens with one attached hydrogen (secondary N) is 1. The molecule has 1 aromatic heterocycles. The Bertz CT molecular complexity index is 797. The molecule has 3 aromatic rings. The van der Waals surface area contributed by atoms with E-state index in [0.29, 0.717) is 11.1 Å². The molecule has 2 N–H and O–H groups in total. The topological polar surface area (TPSA) is 62.2 Å². The quantitative estimate of drug-likeness (QED) is 0.654. The van der Waals surface area contributed by atoms with Gasteiger partial charge in [0.2, 0.25) is 5.91 Å². The fourth-order valence-corrected chi connectivity index (χ4v) is 2.22. The molecule has 1 heterocycles. The van der Waals surface area contributed by atoms with E-state index in [9.17, 15) is 9.90 Å². The normalized spacial score (nSPS) is 10.8. The lowest BCUT2D eigenvalue weighted by Gasteiger charge is -2.08. The van der Waals surface area contributed by atoms with Crippen molar-refractivity contribution in [1.29, 1.82) is 0 Å². The number of phenols is 1. The van der Waals surface area contributed by atoms with Crippen LogP contribution in [0.25, 0.3) is 21.7 Å². The number of amides is 1. The van der Waals surface area contributed by atoms with Gasteiger partial charge in [0.25, 0.3) is 0 Å². The van der Waals surface area contributed by atoms with Crippen molar-refractivity contribution >= 4 is 33.3 Å². The number of benzene rings is 2. The summed E-state index contributed by atoms with van der Waals surface area (Å²) >= 11 is 0. The third-order valence-corrected chi connectivity index (χ3v) is 3.01. The molecule has 0 saturated heterocycles. The number of carbonyl (C=O) groups excluding carboxylic acids is 1. The zero-order valence-corrected chi connectivity index (χ0v) is 10.3. The first-order valence-corrected chi connectivity index (χ1v) is 5.93. The first-order chi connectivity index (χ1) is 9.15. The van der Waals surface area contributed by atoms with E-state index in [1.54, 1.807) is 18.3 Å². The molecule has 0 aliphatic carbocycles. The Hall–Kier alpha value is -2.62. The molecule has 4 nitrogen and oxygen atoms in total. The number of phenolic OH excluding ortho intramolecular Hbond substituents is 1. The van der Waals surface area contributed by atoms with E-state index in [0.717, 1.165) is 16.3 Å². The molecule has 94 valence electrons. The first-order valence-electron chi connectivity index (χ1n) is 5.93. The molecule has 0 saturated carbocycles. The van der Waals surface area contributed by atoms with E-state index < -0.39 is 0 Å². The van der Waals surface area contributed by atoms with E-state index in [-0.39, 0.29) is 11.7 Å². The summed E-state index contributed by atoms with van der Waals surface area (Å²) in [6.07, 6.45) is 1.76. The van der Waals surface area contributed by atoms with Crippen LogP contribution in [0.2, 0.25) is 0 Å². The average molecular weight is 252 g/mol. The van der Waals surface area contributed by atoms with Crippen LogP contribution in [0, 0.1) is 0 Å². The second-order valence-corrected chi connectivity index (χ2v) is 4.41. The molecule has 0 fully saturated rings. The third-order valence-electron chi connectivity index (χ3n) is 3.01. The van der Waals surface area contributed by atoms with Gasteiger partial charge in [0.05, 0.1) is 5.52 Å². The molecular formula is C15H12N2O2. The summed E-state index contributed by atoms with van der Waals surface area (Å²) in [7, 11) is 0. The van der Waals surface area contributed by atoms with Gasteiger partial charge in [-0.1, -0.05) is 12.1 Å². The van der Waals surface area contributed by atoms with Gasteiger partial charge in [-0.2, -0.15) is 0 Å².